The molecule has 1 rings (SSSR count). The molecule has 2 nitrogen and oxygen atoms in total. The summed E-state index contributed by atoms with van der Waals surface area (Å²) in [6, 6.07) is 0. The first-order chi connectivity index (χ1) is 7.59. The second-order valence-corrected chi connectivity index (χ2v) is 7.39. The van der Waals surface area contributed by atoms with Crippen molar-refractivity contribution >= 4 is 11.3 Å². The maximum absolute atomic E-state index is 10.3. The highest BCUT2D eigenvalue weighted by molar-refractivity contribution is 7.13. The van der Waals surface area contributed by atoms with Crippen LogP contribution in [-0.4, -0.2) is 11.7 Å². The average molecular weight is 256 g/mol. The molecule has 0 aliphatic heterocycles. The first-order valence-electron chi connectivity index (χ1n) is 6.08. The molecule has 0 fully saturated rings. The maximum Gasteiger partial charge on any atom is 0.175 e. The van der Waals surface area contributed by atoms with E-state index in [9.17, 15) is 5.11 Å². The number of thiophene rings is 1. The normalized spacial score (nSPS) is 12.9. The van der Waals surface area contributed by atoms with Crippen molar-refractivity contribution in [3.8, 4) is 11.5 Å². The van der Waals surface area contributed by atoms with Crippen molar-refractivity contribution in [3.63, 3.8) is 0 Å². The summed E-state index contributed by atoms with van der Waals surface area (Å²) in [6.45, 7) is 15.3. The van der Waals surface area contributed by atoms with Gasteiger partial charge >= 0.3 is 0 Å². The summed E-state index contributed by atoms with van der Waals surface area (Å²) < 4.78 is 5.63. The molecule has 1 aromatic heterocycles. The van der Waals surface area contributed by atoms with Gasteiger partial charge in [0.05, 0.1) is 16.4 Å². The summed E-state index contributed by atoms with van der Waals surface area (Å²) in [7, 11) is 0. The second kappa shape index (κ2) is 4.52. The zero-order valence-corrected chi connectivity index (χ0v) is 12.8. The van der Waals surface area contributed by atoms with Gasteiger partial charge in [-0.25, -0.2) is 0 Å². The standard InChI is InChI=1S/C14H24O2S/c1-8-16-10-9(15)11(13(2,3)4)17-12(10)14(5,6)7/h15H,8H2,1-7H3. The smallest absolute Gasteiger partial charge is 0.175 e. The number of hydrogen-bond acceptors (Lipinski definition) is 3. The minimum Gasteiger partial charge on any atom is -0.503 e. The minimum atomic E-state index is -0.0515. The van der Waals surface area contributed by atoms with Crippen LogP contribution in [0.4, 0.5) is 0 Å². The van der Waals surface area contributed by atoms with Gasteiger partial charge in [-0.3, -0.25) is 0 Å². The Kier molecular flexibility index (Phi) is 3.82. The highest BCUT2D eigenvalue weighted by Crippen LogP contribution is 2.50. The minimum absolute atomic E-state index is 0.00382. The van der Waals surface area contributed by atoms with Crippen molar-refractivity contribution in [2.75, 3.05) is 6.61 Å². The molecule has 0 aliphatic rings. The fourth-order valence-electron chi connectivity index (χ4n) is 1.69. The third kappa shape index (κ3) is 2.95. The quantitative estimate of drug-likeness (QED) is 0.847. The van der Waals surface area contributed by atoms with E-state index >= 15 is 0 Å². The molecule has 0 spiro atoms. The van der Waals surface area contributed by atoms with E-state index in [0.29, 0.717) is 18.1 Å². The molecular weight excluding hydrogens is 232 g/mol. The molecule has 1 heterocycles. The summed E-state index contributed by atoms with van der Waals surface area (Å²) in [6.07, 6.45) is 0. The summed E-state index contributed by atoms with van der Waals surface area (Å²) in [5.41, 5.74) is -0.0553. The Morgan fingerprint density at radius 2 is 1.47 bits per heavy atom. The summed E-state index contributed by atoms with van der Waals surface area (Å²) in [4.78, 5) is 2.13. The second-order valence-electron chi connectivity index (χ2n) is 6.37. The van der Waals surface area contributed by atoms with Gasteiger partial charge in [-0.1, -0.05) is 41.5 Å². The molecule has 0 aromatic carbocycles. The zero-order chi connectivity index (χ0) is 13.4. The van der Waals surface area contributed by atoms with Crippen LogP contribution in [0.5, 0.6) is 11.5 Å². The van der Waals surface area contributed by atoms with Crippen LogP contribution in [-0.2, 0) is 10.8 Å². The molecule has 0 radical (unpaired) electrons. The Labute approximate surface area is 109 Å². The van der Waals surface area contributed by atoms with Gasteiger partial charge in [0, 0.05) is 10.8 Å². The van der Waals surface area contributed by atoms with E-state index < -0.39 is 0 Å². The molecule has 0 atom stereocenters. The lowest BCUT2D eigenvalue weighted by molar-refractivity contribution is 0.310. The van der Waals surface area contributed by atoms with Crippen LogP contribution < -0.4 is 4.74 Å². The van der Waals surface area contributed by atoms with E-state index in [0.717, 1.165) is 9.75 Å². The highest BCUT2D eigenvalue weighted by Gasteiger charge is 2.31. The molecule has 0 saturated carbocycles. The SMILES string of the molecule is CCOc1c(C(C)(C)C)sc(C(C)(C)C)c1O. The number of aromatic hydroxyl groups is 1. The molecule has 0 aliphatic carbocycles. The van der Waals surface area contributed by atoms with Crippen LogP contribution in [0.1, 0.15) is 58.2 Å². The van der Waals surface area contributed by atoms with E-state index in [1.807, 2.05) is 6.92 Å². The lowest BCUT2D eigenvalue weighted by Gasteiger charge is -2.18. The molecule has 0 saturated heterocycles. The van der Waals surface area contributed by atoms with Crippen molar-refractivity contribution in [3.05, 3.63) is 9.75 Å². The topological polar surface area (TPSA) is 29.5 Å². The molecule has 98 valence electrons. The lowest BCUT2D eigenvalue weighted by atomic mass is 9.91. The largest absolute Gasteiger partial charge is 0.503 e. The lowest BCUT2D eigenvalue weighted by Crippen LogP contribution is -2.10. The average Bonchev–Trinajstić information content (AvgIpc) is 2.43. The van der Waals surface area contributed by atoms with E-state index in [2.05, 4.69) is 41.5 Å². The fourth-order valence-corrected chi connectivity index (χ4v) is 2.94. The van der Waals surface area contributed by atoms with Gasteiger partial charge in [-0.15, -0.1) is 11.3 Å². The molecule has 0 bridgehead atoms. The maximum atomic E-state index is 10.3. The molecule has 0 unspecified atom stereocenters. The Bertz CT molecular complexity index is 392. The van der Waals surface area contributed by atoms with Crippen LogP contribution in [0, 0.1) is 0 Å². The monoisotopic (exact) mass is 256 g/mol. The fraction of sp³-hybridized carbons (Fsp3) is 0.714. The highest BCUT2D eigenvalue weighted by atomic mass is 32.1. The van der Waals surface area contributed by atoms with E-state index in [4.69, 9.17) is 4.74 Å². The van der Waals surface area contributed by atoms with Crippen LogP contribution in [0.3, 0.4) is 0 Å². The van der Waals surface area contributed by atoms with Crippen LogP contribution >= 0.6 is 11.3 Å². The number of hydrogen-bond donors (Lipinski definition) is 1. The molecule has 1 N–H and O–H groups in total. The van der Waals surface area contributed by atoms with Gasteiger partial charge < -0.3 is 9.84 Å². The Hall–Kier alpha value is -0.700. The third-order valence-electron chi connectivity index (χ3n) is 2.49. The first kappa shape index (κ1) is 14.4. The van der Waals surface area contributed by atoms with Gasteiger partial charge in [0.2, 0.25) is 0 Å². The van der Waals surface area contributed by atoms with E-state index in [-0.39, 0.29) is 10.8 Å². The van der Waals surface area contributed by atoms with E-state index in [1.54, 1.807) is 11.3 Å². The van der Waals surface area contributed by atoms with Crippen molar-refractivity contribution in [2.24, 2.45) is 0 Å². The van der Waals surface area contributed by atoms with Crippen LogP contribution in [0.2, 0.25) is 0 Å². The zero-order valence-electron chi connectivity index (χ0n) is 12.0. The molecular formula is C14H24O2S. The van der Waals surface area contributed by atoms with Gasteiger partial charge in [0.15, 0.2) is 11.5 Å². The third-order valence-corrected chi connectivity index (χ3v) is 4.50. The Morgan fingerprint density at radius 1 is 1.00 bits per heavy atom. The first-order valence-corrected chi connectivity index (χ1v) is 6.90. The number of rotatable bonds is 2. The van der Waals surface area contributed by atoms with Crippen molar-refractivity contribution in [2.45, 2.75) is 59.3 Å². The molecule has 0 amide bonds. The van der Waals surface area contributed by atoms with E-state index in [1.165, 1.54) is 0 Å². The molecule has 3 heteroatoms. The molecule has 17 heavy (non-hydrogen) atoms. The van der Waals surface area contributed by atoms with Crippen molar-refractivity contribution in [1.82, 2.24) is 0 Å². The summed E-state index contributed by atoms with van der Waals surface area (Å²) >= 11 is 1.66. The predicted molar refractivity (Wildman–Crippen MR) is 74.6 cm³/mol. The summed E-state index contributed by atoms with van der Waals surface area (Å²) in [5.74, 6) is 1.00. The van der Waals surface area contributed by atoms with Gasteiger partial charge in [0.1, 0.15) is 0 Å². The molecule has 1 aromatic rings. The van der Waals surface area contributed by atoms with Crippen molar-refractivity contribution < 1.29 is 9.84 Å². The summed E-state index contributed by atoms with van der Waals surface area (Å²) in [5, 5.41) is 10.3. The van der Waals surface area contributed by atoms with Gasteiger partial charge in [-0.05, 0) is 6.92 Å². The van der Waals surface area contributed by atoms with Gasteiger partial charge in [0.25, 0.3) is 0 Å². The number of ether oxygens (including phenoxy) is 1. The Balaban J connectivity index is 3.41. The van der Waals surface area contributed by atoms with Crippen LogP contribution in [0.25, 0.3) is 0 Å². The Morgan fingerprint density at radius 3 is 1.82 bits per heavy atom. The predicted octanol–water partition coefficient (Wildman–Crippen LogP) is 4.45. The van der Waals surface area contributed by atoms with Crippen molar-refractivity contribution in [1.29, 1.82) is 0 Å². The van der Waals surface area contributed by atoms with Gasteiger partial charge in [-0.2, -0.15) is 0 Å². The van der Waals surface area contributed by atoms with Crippen LogP contribution in [0.15, 0.2) is 0 Å².